The fourth-order valence-electron chi connectivity index (χ4n) is 4.29. The van der Waals surface area contributed by atoms with E-state index in [1.165, 1.54) is 10.4 Å². The smallest absolute Gasteiger partial charge is 0.338 e. The number of aromatic nitrogens is 2. The summed E-state index contributed by atoms with van der Waals surface area (Å²) in [5, 5.41) is 3.50. The van der Waals surface area contributed by atoms with Crippen LogP contribution in [0.25, 0.3) is 10.9 Å². The zero-order chi connectivity index (χ0) is 25.5. The van der Waals surface area contributed by atoms with Gasteiger partial charge in [0.2, 0.25) is 0 Å². The molecule has 4 aromatic rings. The van der Waals surface area contributed by atoms with E-state index in [1.54, 1.807) is 54.7 Å². The van der Waals surface area contributed by atoms with Crippen LogP contribution in [0.1, 0.15) is 36.6 Å². The number of benzene rings is 2. The summed E-state index contributed by atoms with van der Waals surface area (Å²) in [5.41, 5.74) is 1.49. The minimum atomic E-state index is -4.63. The predicted molar refractivity (Wildman–Crippen MR) is 133 cm³/mol. The second-order valence-electron chi connectivity index (χ2n) is 8.62. The normalized spacial score (nSPS) is 13.6. The number of nitrogens with one attached hydrogen (secondary N) is 1. The van der Waals surface area contributed by atoms with Crippen LogP contribution in [0.4, 0.5) is 30.4 Å². The van der Waals surface area contributed by atoms with Crippen molar-refractivity contribution < 1.29 is 21.6 Å². The predicted octanol–water partition coefficient (Wildman–Crippen LogP) is 6.44. The van der Waals surface area contributed by atoms with Crippen LogP contribution in [0.3, 0.4) is 0 Å². The molecule has 2 aromatic heterocycles. The molecule has 0 aliphatic carbocycles. The monoisotopic (exact) mass is 512 g/mol. The molecule has 0 bridgehead atoms. The van der Waals surface area contributed by atoms with Crippen LogP contribution >= 0.6 is 0 Å². The van der Waals surface area contributed by atoms with E-state index in [0.717, 1.165) is 30.9 Å². The molecule has 0 fully saturated rings. The molecule has 1 aliphatic rings. The van der Waals surface area contributed by atoms with Crippen molar-refractivity contribution in [2.24, 2.45) is 0 Å². The van der Waals surface area contributed by atoms with Gasteiger partial charge < -0.3 is 5.32 Å². The number of hydrogen-bond acceptors (Lipinski definition) is 5. The van der Waals surface area contributed by atoms with Gasteiger partial charge in [0, 0.05) is 17.1 Å². The minimum Gasteiger partial charge on any atom is -0.338 e. The number of pyridine rings is 2. The Kier molecular flexibility index (Phi) is 6.07. The van der Waals surface area contributed by atoms with Crippen LogP contribution in [-0.4, -0.2) is 18.4 Å². The van der Waals surface area contributed by atoms with Crippen molar-refractivity contribution in [3.05, 3.63) is 83.7 Å². The molecule has 0 radical (unpaired) electrons. The minimum absolute atomic E-state index is 0.0399. The number of hydrogen-bond donors (Lipinski definition) is 1. The Labute approximate surface area is 206 Å². The largest absolute Gasteiger partial charge is 0.433 e. The lowest BCUT2D eigenvalue weighted by Gasteiger charge is -2.25. The Morgan fingerprint density at radius 3 is 2.53 bits per heavy atom. The van der Waals surface area contributed by atoms with Gasteiger partial charge in [-0.25, -0.2) is 13.4 Å². The van der Waals surface area contributed by atoms with E-state index in [9.17, 15) is 21.6 Å². The number of alkyl halides is 3. The lowest BCUT2D eigenvalue weighted by atomic mass is 10.1. The molecule has 0 amide bonds. The van der Waals surface area contributed by atoms with Gasteiger partial charge in [0.25, 0.3) is 10.0 Å². The van der Waals surface area contributed by atoms with Gasteiger partial charge in [-0.1, -0.05) is 31.5 Å². The summed E-state index contributed by atoms with van der Waals surface area (Å²) in [4.78, 5) is 8.21. The van der Waals surface area contributed by atoms with Crippen LogP contribution in [0, 0.1) is 0 Å². The van der Waals surface area contributed by atoms with E-state index in [1.807, 2.05) is 0 Å². The molecule has 3 heterocycles. The average molecular weight is 513 g/mol. The summed E-state index contributed by atoms with van der Waals surface area (Å²) < 4.78 is 69.3. The van der Waals surface area contributed by atoms with Gasteiger partial charge in [0.15, 0.2) is 0 Å². The summed E-state index contributed by atoms with van der Waals surface area (Å²) in [7, 11) is -4.09. The first-order chi connectivity index (χ1) is 17.2. The maximum atomic E-state index is 14.0. The highest BCUT2D eigenvalue weighted by Gasteiger charge is 2.36. The van der Waals surface area contributed by atoms with Crippen molar-refractivity contribution in [3.63, 3.8) is 0 Å². The van der Waals surface area contributed by atoms with Crippen LogP contribution in [-0.2, 0) is 29.2 Å². The van der Waals surface area contributed by atoms with Crippen molar-refractivity contribution >= 4 is 38.1 Å². The second kappa shape index (κ2) is 9.09. The number of anilines is 3. The van der Waals surface area contributed by atoms with Gasteiger partial charge >= 0.3 is 6.18 Å². The third kappa shape index (κ3) is 4.37. The Bertz CT molecular complexity index is 1540. The molecule has 0 spiro atoms. The van der Waals surface area contributed by atoms with Gasteiger partial charge in [0.1, 0.15) is 11.5 Å². The number of unbranched alkanes of at least 4 members (excludes halogenated alkanes) is 1. The number of aryl methyl sites for hydroxylation is 1. The number of fused-ring (bicyclic) bond motifs is 4. The van der Waals surface area contributed by atoms with Crippen molar-refractivity contribution in [2.75, 3.05) is 9.62 Å². The van der Waals surface area contributed by atoms with Gasteiger partial charge in [0.05, 0.1) is 28.3 Å². The van der Waals surface area contributed by atoms with Crippen molar-refractivity contribution in [1.29, 1.82) is 0 Å². The van der Waals surface area contributed by atoms with Crippen LogP contribution in [0.2, 0.25) is 0 Å². The number of nitrogens with zero attached hydrogens (tertiary/aromatic N) is 3. The standard InChI is InChI=1S/C26H23F3N4O2S/c1-2-3-5-17-7-10-19(11-8-17)36(34,35)33-16-18-9-14-23(26(27,28)29)32-25(18)31-22-13-12-21-20(24(22)33)6-4-15-30-21/h4,6-15H,2-3,5,16H2,1H3,(H,31,32). The van der Waals surface area contributed by atoms with Crippen LogP contribution in [0.15, 0.2) is 71.8 Å². The first-order valence-corrected chi connectivity index (χ1v) is 13.0. The maximum absolute atomic E-state index is 14.0. The highest BCUT2D eigenvalue weighted by atomic mass is 32.2. The summed E-state index contributed by atoms with van der Waals surface area (Å²) in [6, 6.07) is 15.6. The molecule has 2 aromatic carbocycles. The molecule has 186 valence electrons. The molecule has 0 atom stereocenters. The summed E-state index contributed by atoms with van der Waals surface area (Å²) >= 11 is 0. The average Bonchev–Trinajstić information content (AvgIpc) is 3.04. The van der Waals surface area contributed by atoms with E-state index < -0.39 is 21.9 Å². The molecular weight excluding hydrogens is 489 g/mol. The Morgan fingerprint density at radius 2 is 1.81 bits per heavy atom. The molecule has 5 rings (SSSR count). The van der Waals surface area contributed by atoms with E-state index in [2.05, 4.69) is 22.2 Å². The van der Waals surface area contributed by atoms with E-state index in [0.29, 0.717) is 27.8 Å². The van der Waals surface area contributed by atoms with E-state index >= 15 is 0 Å². The first-order valence-electron chi connectivity index (χ1n) is 11.5. The van der Waals surface area contributed by atoms with Crippen molar-refractivity contribution in [1.82, 2.24) is 9.97 Å². The summed E-state index contributed by atoms with van der Waals surface area (Å²) in [5.74, 6) is -0.0399. The number of halogens is 3. The topological polar surface area (TPSA) is 75.2 Å². The molecule has 1 aliphatic heterocycles. The van der Waals surface area contributed by atoms with E-state index in [-0.39, 0.29) is 17.3 Å². The molecule has 10 heteroatoms. The number of rotatable bonds is 5. The van der Waals surface area contributed by atoms with Crippen molar-refractivity contribution in [3.8, 4) is 0 Å². The second-order valence-corrected chi connectivity index (χ2v) is 10.5. The molecular formula is C26H23F3N4O2S. The first kappa shape index (κ1) is 24.1. The van der Waals surface area contributed by atoms with Crippen LogP contribution in [0.5, 0.6) is 0 Å². The Hall–Kier alpha value is -3.66. The zero-order valence-electron chi connectivity index (χ0n) is 19.4. The zero-order valence-corrected chi connectivity index (χ0v) is 20.2. The third-order valence-electron chi connectivity index (χ3n) is 6.17. The fourth-order valence-corrected chi connectivity index (χ4v) is 5.77. The lowest BCUT2D eigenvalue weighted by Crippen LogP contribution is -2.30. The molecule has 0 saturated carbocycles. The molecule has 1 N–H and O–H groups in total. The van der Waals surface area contributed by atoms with Gasteiger partial charge in [-0.15, -0.1) is 0 Å². The maximum Gasteiger partial charge on any atom is 0.433 e. The van der Waals surface area contributed by atoms with Crippen molar-refractivity contribution in [2.45, 2.75) is 43.8 Å². The number of sulfonamides is 1. The van der Waals surface area contributed by atoms with Gasteiger partial charge in [-0.2, -0.15) is 13.2 Å². The lowest BCUT2D eigenvalue weighted by molar-refractivity contribution is -0.141. The third-order valence-corrected chi connectivity index (χ3v) is 7.93. The van der Waals surface area contributed by atoms with Crippen LogP contribution < -0.4 is 9.62 Å². The quantitative estimate of drug-likeness (QED) is 0.333. The SMILES string of the molecule is CCCCc1ccc(S(=O)(=O)N2Cc3ccc(C(F)(F)F)nc3Nc3ccc4ncccc4c32)cc1. The highest BCUT2D eigenvalue weighted by molar-refractivity contribution is 7.92. The summed E-state index contributed by atoms with van der Waals surface area (Å²) in [6.07, 6.45) is -0.157. The highest BCUT2D eigenvalue weighted by Crippen LogP contribution is 2.43. The fraction of sp³-hybridized carbons (Fsp3) is 0.231. The Morgan fingerprint density at radius 1 is 1.03 bits per heavy atom. The molecule has 0 unspecified atom stereocenters. The molecule has 36 heavy (non-hydrogen) atoms. The van der Waals surface area contributed by atoms with Gasteiger partial charge in [-0.05, 0) is 60.9 Å². The molecule has 0 saturated heterocycles. The summed E-state index contributed by atoms with van der Waals surface area (Å²) in [6.45, 7) is 1.89. The van der Waals surface area contributed by atoms with E-state index in [4.69, 9.17) is 0 Å². The molecule has 6 nitrogen and oxygen atoms in total. The Balaban J connectivity index is 1.68. The van der Waals surface area contributed by atoms with Gasteiger partial charge in [-0.3, -0.25) is 9.29 Å².